The van der Waals surface area contributed by atoms with Gasteiger partial charge in [-0.05, 0) is 77.1 Å². The highest BCUT2D eigenvalue weighted by molar-refractivity contribution is 9.10. The second-order valence-corrected chi connectivity index (χ2v) is 9.86. The van der Waals surface area contributed by atoms with Crippen LogP contribution in [0.4, 0.5) is 15.2 Å². The van der Waals surface area contributed by atoms with Gasteiger partial charge in [-0.3, -0.25) is 4.68 Å². The van der Waals surface area contributed by atoms with Crippen molar-refractivity contribution < 1.29 is 13.9 Å². The summed E-state index contributed by atoms with van der Waals surface area (Å²) < 4.78 is 20.6. The molecule has 0 saturated heterocycles. The van der Waals surface area contributed by atoms with E-state index in [1.54, 1.807) is 28.2 Å². The van der Waals surface area contributed by atoms with Crippen LogP contribution in [-0.2, 0) is 24.1 Å². The quantitative estimate of drug-likeness (QED) is 0.245. The normalized spacial score (nSPS) is 13.2. The topological polar surface area (TPSA) is 68.2 Å². The average Bonchev–Trinajstić information content (AvgIpc) is 3.18. The lowest BCUT2D eigenvalue weighted by Crippen LogP contribution is -2.21. The number of fused-ring (bicyclic) bond motifs is 1. The van der Waals surface area contributed by atoms with Crippen LogP contribution < -0.4 is 10.6 Å². The number of methoxy groups -OCH3 is 1. The van der Waals surface area contributed by atoms with Crippen LogP contribution in [0.2, 0.25) is 0 Å². The van der Waals surface area contributed by atoms with Crippen molar-refractivity contribution in [3.8, 4) is 0 Å². The van der Waals surface area contributed by atoms with Crippen molar-refractivity contribution in [2.75, 3.05) is 17.7 Å². The third kappa shape index (κ3) is 5.19. The van der Waals surface area contributed by atoms with Gasteiger partial charge < -0.3 is 15.4 Å². The van der Waals surface area contributed by atoms with Crippen molar-refractivity contribution in [3.05, 3.63) is 62.3 Å². The number of nitrogens with zero attached hydrogens (tertiary/aromatic N) is 2. The summed E-state index contributed by atoms with van der Waals surface area (Å²) in [6.07, 6.45) is 7.01. The number of benzene rings is 1. The van der Waals surface area contributed by atoms with Crippen LogP contribution in [0.1, 0.15) is 45.6 Å². The Morgan fingerprint density at radius 3 is 2.75 bits per heavy atom. The first-order chi connectivity index (χ1) is 15.4. The van der Waals surface area contributed by atoms with Gasteiger partial charge in [0.25, 0.3) is 0 Å². The number of anilines is 2. The first-order valence-corrected chi connectivity index (χ1v) is 12.2. The van der Waals surface area contributed by atoms with Crippen LogP contribution in [-0.4, -0.2) is 28.0 Å². The Kier molecular flexibility index (Phi) is 7.22. The molecule has 1 aromatic carbocycles. The van der Waals surface area contributed by atoms with Crippen molar-refractivity contribution in [1.29, 1.82) is 0 Å². The van der Waals surface area contributed by atoms with Gasteiger partial charge in [0.05, 0.1) is 23.7 Å². The molecule has 0 radical (unpaired) electrons. The van der Waals surface area contributed by atoms with Crippen LogP contribution in [0.3, 0.4) is 0 Å². The lowest BCUT2D eigenvalue weighted by atomic mass is 10.1. The van der Waals surface area contributed by atoms with Crippen LogP contribution in [0.5, 0.6) is 0 Å². The Bertz CT molecular complexity index is 1140. The summed E-state index contributed by atoms with van der Waals surface area (Å²) in [5.41, 5.74) is 2.59. The average molecular weight is 537 g/mol. The van der Waals surface area contributed by atoms with Gasteiger partial charge in [0.2, 0.25) is 0 Å². The van der Waals surface area contributed by atoms with Crippen LogP contribution in [0.15, 0.2) is 34.9 Å². The van der Waals surface area contributed by atoms with Gasteiger partial charge in [0, 0.05) is 11.1 Å². The monoisotopic (exact) mass is 536 g/mol. The molecule has 1 aliphatic rings. The van der Waals surface area contributed by atoms with E-state index in [4.69, 9.17) is 17.0 Å². The number of nitrogens with one attached hydrogen (secondary N) is 2. The number of hydrogen-bond donors (Lipinski definition) is 2. The first kappa shape index (κ1) is 22.9. The van der Waals surface area contributed by atoms with Crippen LogP contribution in [0.25, 0.3) is 0 Å². The Balaban J connectivity index is 1.49. The lowest BCUT2D eigenvalue weighted by molar-refractivity contribution is 0.0601. The first-order valence-electron chi connectivity index (χ1n) is 10.2. The van der Waals surface area contributed by atoms with Gasteiger partial charge in [-0.2, -0.15) is 5.10 Å². The summed E-state index contributed by atoms with van der Waals surface area (Å²) in [5, 5.41) is 11.8. The minimum absolute atomic E-state index is 0.272. The zero-order valence-corrected chi connectivity index (χ0v) is 20.6. The van der Waals surface area contributed by atoms with Gasteiger partial charge in [-0.25, -0.2) is 9.18 Å². The van der Waals surface area contributed by atoms with Gasteiger partial charge >= 0.3 is 5.97 Å². The van der Waals surface area contributed by atoms with E-state index >= 15 is 0 Å². The fraction of sp³-hybridized carbons (Fsp3) is 0.318. The molecular weight excluding hydrogens is 515 g/mol. The standard InChI is InChI=1S/C22H22BrFN4O2S2/c1-30-21(29)18-15-5-3-2-4-6-17(15)32-20(18)26-22(31)25-19-16(23)12-28(27-19)11-13-7-9-14(24)10-8-13/h7-10,12H,2-6,11H2,1H3,(H2,25,26,27,31). The molecule has 0 amide bonds. The molecule has 168 valence electrons. The zero-order chi connectivity index (χ0) is 22.7. The van der Waals surface area contributed by atoms with E-state index < -0.39 is 0 Å². The van der Waals surface area contributed by atoms with E-state index in [-0.39, 0.29) is 11.8 Å². The molecule has 1 aliphatic carbocycles. The molecule has 3 aromatic rings. The number of thiophene rings is 1. The van der Waals surface area contributed by atoms with Gasteiger partial charge in [0.15, 0.2) is 10.9 Å². The summed E-state index contributed by atoms with van der Waals surface area (Å²) in [6.45, 7) is 0.491. The Morgan fingerprint density at radius 1 is 1.25 bits per heavy atom. The highest BCUT2D eigenvalue weighted by atomic mass is 79.9. The predicted octanol–water partition coefficient (Wildman–Crippen LogP) is 5.76. The van der Waals surface area contributed by atoms with Crippen molar-refractivity contribution in [3.63, 3.8) is 0 Å². The van der Waals surface area contributed by atoms with Crippen molar-refractivity contribution in [1.82, 2.24) is 9.78 Å². The van der Waals surface area contributed by atoms with Crippen molar-refractivity contribution in [2.45, 2.75) is 38.6 Å². The molecule has 0 aliphatic heterocycles. The van der Waals surface area contributed by atoms with E-state index in [0.717, 1.165) is 41.3 Å². The molecule has 2 N–H and O–H groups in total. The van der Waals surface area contributed by atoms with E-state index in [1.807, 2.05) is 6.20 Å². The summed E-state index contributed by atoms with van der Waals surface area (Å²) in [4.78, 5) is 13.7. The number of rotatable bonds is 5. The summed E-state index contributed by atoms with van der Waals surface area (Å²) in [7, 11) is 1.40. The van der Waals surface area contributed by atoms with Crippen LogP contribution >= 0.6 is 39.5 Å². The molecule has 6 nitrogen and oxygen atoms in total. The highest BCUT2D eigenvalue weighted by Gasteiger charge is 2.26. The van der Waals surface area contributed by atoms with Gasteiger partial charge in [0.1, 0.15) is 10.8 Å². The molecule has 0 saturated carbocycles. The molecule has 4 rings (SSSR count). The Morgan fingerprint density at radius 2 is 2.00 bits per heavy atom. The number of esters is 1. The van der Waals surface area contributed by atoms with Crippen molar-refractivity contribution in [2.24, 2.45) is 0 Å². The second kappa shape index (κ2) is 10.1. The maximum atomic E-state index is 13.1. The SMILES string of the molecule is COC(=O)c1c(NC(=S)Nc2nn(Cc3ccc(F)cc3)cc2Br)sc2c1CCCCC2. The van der Waals surface area contributed by atoms with Crippen molar-refractivity contribution >= 4 is 61.4 Å². The fourth-order valence-electron chi connectivity index (χ4n) is 3.73. The number of carbonyl (C=O) groups is 1. The minimum atomic E-state index is -0.348. The maximum absolute atomic E-state index is 13.1. The maximum Gasteiger partial charge on any atom is 0.341 e. The molecular formula is C22H22BrFN4O2S2. The summed E-state index contributed by atoms with van der Waals surface area (Å²) in [6, 6.07) is 6.29. The zero-order valence-electron chi connectivity index (χ0n) is 17.4. The van der Waals surface area contributed by atoms with E-state index in [9.17, 15) is 9.18 Å². The number of aryl methyl sites for hydroxylation is 1. The summed E-state index contributed by atoms with van der Waals surface area (Å²) >= 11 is 10.6. The van der Waals surface area contributed by atoms with Gasteiger partial charge in [-0.15, -0.1) is 11.3 Å². The molecule has 0 bridgehead atoms. The summed E-state index contributed by atoms with van der Waals surface area (Å²) in [5.74, 6) is -0.0758. The highest BCUT2D eigenvalue weighted by Crippen LogP contribution is 2.38. The predicted molar refractivity (Wildman–Crippen MR) is 132 cm³/mol. The minimum Gasteiger partial charge on any atom is -0.465 e. The number of aromatic nitrogens is 2. The fourth-order valence-corrected chi connectivity index (χ4v) is 5.69. The van der Waals surface area contributed by atoms with E-state index in [1.165, 1.54) is 30.5 Å². The van der Waals surface area contributed by atoms with E-state index in [0.29, 0.717) is 28.0 Å². The molecule has 0 fully saturated rings. The molecule has 0 unspecified atom stereocenters. The number of hydrogen-bond acceptors (Lipinski definition) is 5. The molecule has 2 heterocycles. The smallest absolute Gasteiger partial charge is 0.341 e. The Labute approximate surface area is 203 Å². The lowest BCUT2D eigenvalue weighted by Gasteiger charge is -2.10. The number of thiocarbonyl (C=S) groups is 1. The second-order valence-electron chi connectivity index (χ2n) is 7.49. The van der Waals surface area contributed by atoms with Crippen LogP contribution in [0, 0.1) is 5.82 Å². The number of ether oxygens (including phenoxy) is 1. The molecule has 2 aromatic heterocycles. The molecule has 0 atom stereocenters. The largest absolute Gasteiger partial charge is 0.465 e. The number of carbonyl (C=O) groups excluding carboxylic acids is 1. The third-order valence-electron chi connectivity index (χ3n) is 5.24. The Hall–Kier alpha value is -2.30. The van der Waals surface area contributed by atoms with E-state index in [2.05, 4.69) is 31.7 Å². The molecule has 10 heteroatoms. The molecule has 32 heavy (non-hydrogen) atoms. The van der Waals surface area contributed by atoms with Gasteiger partial charge in [-0.1, -0.05) is 18.6 Å². The third-order valence-corrected chi connectivity index (χ3v) is 7.24. The number of halogens is 2. The molecule has 0 spiro atoms.